The van der Waals surface area contributed by atoms with E-state index in [1.54, 1.807) is 11.4 Å². The lowest BCUT2D eigenvalue weighted by atomic mass is 9.85. The number of nitrogens with zero attached hydrogens (tertiary/aromatic N) is 3. The van der Waals surface area contributed by atoms with E-state index >= 15 is 0 Å². The number of carbonyl (C=O) groups excluding carboxylic acids is 3. The molecule has 0 saturated heterocycles. The van der Waals surface area contributed by atoms with Crippen molar-refractivity contribution in [2.45, 2.75) is 90.9 Å². The Hall–Kier alpha value is -5.20. The lowest BCUT2D eigenvalue weighted by Gasteiger charge is -2.18. The summed E-state index contributed by atoms with van der Waals surface area (Å²) < 4.78 is 8.71. The van der Waals surface area contributed by atoms with Gasteiger partial charge in [-0.15, -0.1) is 5.11 Å². The van der Waals surface area contributed by atoms with Gasteiger partial charge in [0.1, 0.15) is 0 Å². The number of fused-ring (bicyclic) bond motifs is 4. The molecule has 0 spiro atoms. The number of methoxy groups -OCH3 is 1. The highest BCUT2D eigenvalue weighted by Crippen LogP contribution is 2.44. The van der Waals surface area contributed by atoms with E-state index in [0.29, 0.717) is 44.5 Å². The number of rotatable bonds is 8. The van der Waals surface area contributed by atoms with E-state index < -0.39 is 17.8 Å². The van der Waals surface area contributed by atoms with Crippen molar-refractivity contribution in [3.63, 3.8) is 0 Å². The number of carbonyl (C=O) groups is 4. The molecule has 0 aliphatic carbocycles. The highest BCUT2D eigenvalue weighted by molar-refractivity contribution is 6.07. The molecule has 48 heavy (non-hydrogen) atoms. The fourth-order valence-corrected chi connectivity index (χ4v) is 7.95. The molecule has 2 aliphatic rings. The molecule has 13 nitrogen and oxygen atoms in total. The number of aromatic nitrogens is 5. The zero-order chi connectivity index (χ0) is 34.8. The van der Waals surface area contributed by atoms with Gasteiger partial charge in [0.15, 0.2) is 5.78 Å². The number of carboxylic acid groups (broad SMARTS) is 1. The van der Waals surface area contributed by atoms with E-state index in [2.05, 4.69) is 34.1 Å². The van der Waals surface area contributed by atoms with Crippen molar-refractivity contribution in [1.29, 1.82) is 5.53 Å². The minimum absolute atomic E-state index is 0.0949. The van der Waals surface area contributed by atoms with Crippen LogP contribution in [0.15, 0.2) is 23.3 Å². The van der Waals surface area contributed by atoms with Crippen LogP contribution in [0.25, 0.3) is 22.1 Å². The summed E-state index contributed by atoms with van der Waals surface area (Å²) in [7, 11) is 1.29. The van der Waals surface area contributed by atoms with Gasteiger partial charge in [0.25, 0.3) is 5.91 Å². The molecular weight excluding hydrogens is 614 g/mol. The Kier molecular flexibility index (Phi) is 8.26. The monoisotopic (exact) mass is 655 g/mol. The quantitative estimate of drug-likeness (QED) is 0.0774. The predicted molar refractivity (Wildman–Crippen MR) is 178 cm³/mol. The zero-order valence-electron chi connectivity index (χ0n) is 28.2. The van der Waals surface area contributed by atoms with Crippen molar-refractivity contribution in [3.05, 3.63) is 68.8 Å². The summed E-state index contributed by atoms with van der Waals surface area (Å²) in [5.41, 5.74) is 15.6. The number of amides is 1. The standard InChI is InChI=1S/C35H41N7O6/c1-8-20-15(2)23-13-28-31(19(6)43)17(4)26-12-24-16(3)21(9-10-29(44)45)33(38-24)22(11-30(46)48-7)34-32(35(47)39-36)18(5)27(14-25(20)37-23)42(34)40-41(26)28/h12-16,20-21,36-38,40H,8-11H2,1-7H3,(H,44,45)/t15-,16+,20-,21+/m1/s1. The SMILES string of the molecule is CC[C@H]1c2cc3c(C)c(C(=O)N=N)c4c(CC(=O)OC)c5[nH]c(cc6c(C)c(C(C)=O)c(cc([nH]2)[C@@H]1C)n6[nH]n34)[C@@H](C)[C@@H]5CCC(=O)O. The van der Waals surface area contributed by atoms with Crippen LogP contribution in [0.2, 0.25) is 0 Å². The largest absolute Gasteiger partial charge is 0.481 e. The average Bonchev–Trinajstić information content (AvgIpc) is 3.69. The van der Waals surface area contributed by atoms with Crippen LogP contribution < -0.4 is 0 Å². The Morgan fingerprint density at radius 2 is 1.52 bits per heavy atom. The van der Waals surface area contributed by atoms with Gasteiger partial charge >= 0.3 is 11.9 Å². The molecule has 4 aromatic rings. The maximum atomic E-state index is 13.7. The highest BCUT2D eigenvalue weighted by Gasteiger charge is 2.34. The number of aromatic amines is 3. The lowest BCUT2D eigenvalue weighted by Crippen LogP contribution is -2.13. The second-order valence-corrected chi connectivity index (χ2v) is 13.1. The van der Waals surface area contributed by atoms with Gasteiger partial charge in [-0.1, -0.05) is 20.8 Å². The first-order chi connectivity index (χ1) is 22.8. The molecule has 13 heteroatoms. The van der Waals surface area contributed by atoms with Crippen molar-refractivity contribution >= 4 is 45.7 Å². The number of hydrogen-bond donors (Lipinski definition) is 5. The molecule has 252 valence electrons. The topological polar surface area (TPSA) is 190 Å². The third-order valence-electron chi connectivity index (χ3n) is 10.5. The summed E-state index contributed by atoms with van der Waals surface area (Å²) in [6, 6.07) is 5.96. The molecule has 2 aliphatic heterocycles. The summed E-state index contributed by atoms with van der Waals surface area (Å²) in [5.74, 6) is -2.83. The van der Waals surface area contributed by atoms with Crippen LogP contribution in [-0.4, -0.2) is 60.1 Å². The average molecular weight is 656 g/mol. The lowest BCUT2D eigenvalue weighted by molar-refractivity contribution is -0.140. The summed E-state index contributed by atoms with van der Waals surface area (Å²) in [6.45, 7) is 11.5. The van der Waals surface area contributed by atoms with Gasteiger partial charge in [0.2, 0.25) is 0 Å². The van der Waals surface area contributed by atoms with Gasteiger partial charge in [-0.3, -0.25) is 19.2 Å². The molecule has 6 bridgehead atoms. The van der Waals surface area contributed by atoms with Crippen LogP contribution in [0, 0.1) is 19.4 Å². The molecule has 0 unspecified atom stereocenters. The van der Waals surface area contributed by atoms with Gasteiger partial charge in [-0.05, 0) is 62.9 Å². The Morgan fingerprint density at radius 3 is 2.15 bits per heavy atom. The van der Waals surface area contributed by atoms with E-state index in [-0.39, 0.29) is 54.3 Å². The van der Waals surface area contributed by atoms with Crippen LogP contribution >= 0.6 is 0 Å². The summed E-state index contributed by atoms with van der Waals surface area (Å²) >= 11 is 0. The second-order valence-electron chi connectivity index (χ2n) is 13.1. The minimum atomic E-state index is -0.953. The second kappa shape index (κ2) is 12.1. The first-order valence-electron chi connectivity index (χ1n) is 16.2. The van der Waals surface area contributed by atoms with Crippen LogP contribution in [0.5, 0.6) is 0 Å². The van der Waals surface area contributed by atoms with Crippen molar-refractivity contribution in [2.75, 3.05) is 7.11 Å². The first kappa shape index (κ1) is 32.7. The van der Waals surface area contributed by atoms with Crippen LogP contribution in [0.1, 0.15) is 131 Å². The summed E-state index contributed by atoms with van der Waals surface area (Å²) in [5, 5.41) is 16.5. The highest BCUT2D eigenvalue weighted by atomic mass is 16.5. The maximum absolute atomic E-state index is 13.7. The molecule has 4 aromatic heterocycles. The fourth-order valence-electron chi connectivity index (χ4n) is 7.95. The van der Waals surface area contributed by atoms with Gasteiger partial charge < -0.3 is 19.8 Å². The Labute approximate surface area is 276 Å². The molecule has 5 N–H and O–H groups in total. The smallest absolute Gasteiger partial charge is 0.310 e. The molecule has 6 rings (SSSR count). The number of Topliss-reactive ketones (excluding diaryl/α,β-unsaturated/α-hetero) is 1. The molecule has 0 radical (unpaired) electrons. The number of hydrogen-bond acceptors (Lipinski definition) is 6. The number of ether oxygens (including phenoxy) is 1. The van der Waals surface area contributed by atoms with Gasteiger partial charge in [-0.25, -0.2) is 19.8 Å². The molecule has 0 saturated carbocycles. The molecule has 6 heterocycles. The third kappa shape index (κ3) is 4.99. The minimum Gasteiger partial charge on any atom is -0.481 e. The number of nitrogens with one attached hydrogen (secondary N) is 4. The number of H-pyrrole nitrogens is 3. The van der Waals surface area contributed by atoms with Crippen LogP contribution in [-0.2, 0) is 20.7 Å². The van der Waals surface area contributed by atoms with Crippen molar-refractivity contribution in [1.82, 2.24) is 24.2 Å². The van der Waals surface area contributed by atoms with E-state index in [1.165, 1.54) is 14.0 Å². The number of esters is 1. The Bertz CT molecular complexity index is 2190. The third-order valence-corrected chi connectivity index (χ3v) is 10.5. The van der Waals surface area contributed by atoms with E-state index in [4.69, 9.17) is 10.3 Å². The van der Waals surface area contributed by atoms with Crippen molar-refractivity contribution in [2.24, 2.45) is 5.11 Å². The van der Waals surface area contributed by atoms with Crippen molar-refractivity contribution < 1.29 is 29.0 Å². The molecule has 0 fully saturated rings. The Balaban J connectivity index is 1.99. The van der Waals surface area contributed by atoms with E-state index in [1.807, 2.05) is 36.6 Å². The van der Waals surface area contributed by atoms with Crippen molar-refractivity contribution in [3.8, 4) is 0 Å². The van der Waals surface area contributed by atoms with E-state index in [0.717, 1.165) is 29.1 Å². The first-order valence-corrected chi connectivity index (χ1v) is 16.2. The van der Waals surface area contributed by atoms with E-state index in [9.17, 15) is 24.3 Å². The zero-order valence-corrected chi connectivity index (χ0v) is 28.2. The number of aliphatic carboxylic acids is 1. The summed E-state index contributed by atoms with van der Waals surface area (Å²) in [4.78, 5) is 59.2. The van der Waals surface area contributed by atoms with Crippen LogP contribution in [0.4, 0.5) is 0 Å². The van der Waals surface area contributed by atoms with Gasteiger partial charge in [0, 0.05) is 64.0 Å². The number of carboxylic acids is 1. The summed E-state index contributed by atoms with van der Waals surface area (Å²) in [6.07, 6.45) is 0.716. The molecular formula is C35H41N7O6. The molecule has 0 aromatic carbocycles. The maximum Gasteiger partial charge on any atom is 0.310 e. The normalized spacial score (nSPS) is 19.1. The van der Waals surface area contributed by atoms with Gasteiger partial charge in [-0.2, -0.15) is 0 Å². The van der Waals surface area contributed by atoms with Crippen LogP contribution in [0.3, 0.4) is 0 Å². The fraction of sp³-hybridized carbons (Fsp3) is 0.429. The Morgan fingerprint density at radius 1 is 0.917 bits per heavy atom. The molecule has 4 atom stereocenters. The number of ketones is 1. The predicted octanol–water partition coefficient (Wildman–Crippen LogP) is 6.96. The van der Waals surface area contributed by atoms with Gasteiger partial charge in [0.05, 0.1) is 41.2 Å². The number of aryl methyl sites for hydroxylation is 2. The molecule has 1 amide bonds.